The molecule has 4 nitrogen and oxygen atoms in total. The predicted molar refractivity (Wildman–Crippen MR) is 74.6 cm³/mol. The molecule has 1 rings (SSSR count). The minimum atomic E-state index is -3.89. The zero-order valence-corrected chi connectivity index (χ0v) is 12.7. The smallest absolute Gasteiger partial charge is 0.205 e. The number of halogens is 3. The first-order valence-corrected chi connectivity index (χ1v) is 7.79. The van der Waals surface area contributed by atoms with Crippen LogP contribution in [0.4, 0.5) is 10.1 Å². The fraction of sp³-hybridized carbons (Fsp3) is 0.333. The van der Waals surface area contributed by atoms with Crippen molar-refractivity contribution in [3.05, 3.63) is 30.1 Å². The molecule has 0 radical (unpaired) electrons. The predicted octanol–water partition coefficient (Wildman–Crippen LogP) is 2.85. The highest BCUT2D eigenvalue weighted by molar-refractivity contribution is 8.15. The number of rotatable bonds is 5. The third kappa shape index (κ3) is 3.64. The van der Waals surface area contributed by atoms with Crippen molar-refractivity contribution < 1.29 is 12.8 Å². The van der Waals surface area contributed by atoms with E-state index in [9.17, 15) is 12.8 Å². The largest absolute Gasteiger partial charge is 0.313 e. The molecule has 0 fully saturated rings. The first-order chi connectivity index (χ1) is 8.26. The van der Waals surface area contributed by atoms with E-state index in [1.807, 2.05) is 0 Å². The van der Waals surface area contributed by atoms with Crippen LogP contribution in [0.15, 0.2) is 24.3 Å². The molecule has 1 aromatic carbocycles. The van der Waals surface area contributed by atoms with Gasteiger partial charge in [0.15, 0.2) is 4.17 Å². The lowest BCUT2D eigenvalue weighted by Crippen LogP contribution is -2.36. The van der Waals surface area contributed by atoms with Gasteiger partial charge in [-0.15, -0.1) is 0 Å². The quantitative estimate of drug-likeness (QED) is 0.615. The fourth-order valence-corrected chi connectivity index (χ4v) is 4.01. The Kier molecular flexibility index (Phi) is 5.54. The van der Waals surface area contributed by atoms with Crippen LogP contribution >= 0.6 is 35.1 Å². The number of hydrogen-bond acceptors (Lipinski definition) is 3. The average Bonchev–Trinajstić information content (AvgIpc) is 2.26. The van der Waals surface area contributed by atoms with Crippen LogP contribution in [0.25, 0.3) is 0 Å². The molecule has 0 aliphatic carbocycles. The number of para-hydroxylation sites is 1. The van der Waals surface area contributed by atoms with Crippen molar-refractivity contribution in [2.45, 2.75) is 4.17 Å². The van der Waals surface area contributed by atoms with Gasteiger partial charge in [0.05, 0.1) is 0 Å². The summed E-state index contributed by atoms with van der Waals surface area (Å²) in [4.78, 5) is 0. The molecular formula is C9H11Cl2FN2O2S2. The Balaban J connectivity index is 3.27. The van der Waals surface area contributed by atoms with Gasteiger partial charge in [0.25, 0.3) is 0 Å². The monoisotopic (exact) mass is 332 g/mol. The zero-order valence-electron chi connectivity index (χ0n) is 9.55. The molecule has 9 heteroatoms. The molecule has 0 saturated carbocycles. The molecule has 0 amide bonds. The SMILES string of the molecule is CN(C)S(=O)(=O)N(SC(Cl)Cl)c1ccccc1F. The summed E-state index contributed by atoms with van der Waals surface area (Å²) in [6.45, 7) is 0. The first kappa shape index (κ1) is 15.8. The van der Waals surface area contributed by atoms with Crippen molar-refractivity contribution in [1.29, 1.82) is 0 Å². The zero-order chi connectivity index (χ0) is 13.9. The Morgan fingerprint density at radius 3 is 2.28 bits per heavy atom. The van der Waals surface area contributed by atoms with E-state index in [0.717, 1.165) is 14.1 Å². The van der Waals surface area contributed by atoms with E-state index in [2.05, 4.69) is 0 Å². The molecule has 18 heavy (non-hydrogen) atoms. The summed E-state index contributed by atoms with van der Waals surface area (Å²) in [5.41, 5.74) is -0.123. The van der Waals surface area contributed by atoms with Crippen molar-refractivity contribution in [1.82, 2.24) is 4.31 Å². The van der Waals surface area contributed by atoms with Crippen LogP contribution in [0.2, 0.25) is 0 Å². The highest BCUT2D eigenvalue weighted by Crippen LogP contribution is 2.34. The van der Waals surface area contributed by atoms with Crippen molar-refractivity contribution in [2.75, 3.05) is 17.8 Å². The van der Waals surface area contributed by atoms with Gasteiger partial charge in [-0.1, -0.05) is 35.3 Å². The molecule has 102 valence electrons. The van der Waals surface area contributed by atoms with E-state index in [-0.39, 0.29) is 5.69 Å². The van der Waals surface area contributed by atoms with E-state index in [4.69, 9.17) is 23.2 Å². The maximum Gasteiger partial charge on any atom is 0.313 e. The van der Waals surface area contributed by atoms with E-state index >= 15 is 0 Å². The van der Waals surface area contributed by atoms with Gasteiger partial charge in [0.2, 0.25) is 0 Å². The topological polar surface area (TPSA) is 40.6 Å². The third-order valence-corrected chi connectivity index (χ3v) is 5.28. The molecule has 0 aliphatic rings. The number of benzene rings is 1. The summed E-state index contributed by atoms with van der Waals surface area (Å²) in [5, 5.41) is 0. The van der Waals surface area contributed by atoms with Crippen LogP contribution < -0.4 is 3.71 Å². The average molecular weight is 333 g/mol. The molecule has 0 bridgehead atoms. The second kappa shape index (κ2) is 6.29. The lowest BCUT2D eigenvalue weighted by atomic mass is 10.3. The van der Waals surface area contributed by atoms with Crippen LogP contribution in [-0.2, 0) is 10.2 Å². The minimum absolute atomic E-state index is 0.123. The Bertz CT molecular complexity index is 511. The van der Waals surface area contributed by atoms with Crippen molar-refractivity contribution >= 4 is 51.0 Å². The molecule has 0 unspecified atom stereocenters. The summed E-state index contributed by atoms with van der Waals surface area (Å²) in [5.74, 6) is -0.676. The van der Waals surface area contributed by atoms with Gasteiger partial charge >= 0.3 is 10.2 Å². The molecule has 1 aromatic rings. The van der Waals surface area contributed by atoms with Crippen LogP contribution in [0.3, 0.4) is 0 Å². The maximum atomic E-state index is 13.7. The minimum Gasteiger partial charge on any atom is -0.205 e. The van der Waals surface area contributed by atoms with E-state index in [1.165, 1.54) is 32.3 Å². The lowest BCUT2D eigenvalue weighted by Gasteiger charge is -2.26. The van der Waals surface area contributed by atoms with Crippen molar-refractivity contribution in [3.8, 4) is 0 Å². The summed E-state index contributed by atoms with van der Waals surface area (Å²) < 4.78 is 38.5. The highest BCUT2D eigenvalue weighted by atomic mass is 35.5. The van der Waals surface area contributed by atoms with Crippen molar-refractivity contribution in [3.63, 3.8) is 0 Å². The molecule has 0 aromatic heterocycles. The van der Waals surface area contributed by atoms with Gasteiger partial charge in [-0.3, -0.25) is 0 Å². The Morgan fingerprint density at radius 1 is 1.28 bits per heavy atom. The highest BCUT2D eigenvalue weighted by Gasteiger charge is 2.29. The van der Waals surface area contributed by atoms with E-state index in [0.29, 0.717) is 11.9 Å². The number of anilines is 1. The van der Waals surface area contributed by atoms with Crippen LogP contribution in [-0.4, -0.2) is 31.0 Å². The molecule has 0 atom stereocenters. The van der Waals surface area contributed by atoms with Gasteiger partial charge in [-0.25, -0.2) is 4.39 Å². The Labute approximate surface area is 120 Å². The van der Waals surface area contributed by atoms with E-state index < -0.39 is 20.2 Å². The molecule has 0 spiro atoms. The van der Waals surface area contributed by atoms with Crippen LogP contribution in [0, 0.1) is 5.82 Å². The lowest BCUT2D eigenvalue weighted by molar-refractivity contribution is 0.522. The molecule has 0 heterocycles. The second-order valence-electron chi connectivity index (χ2n) is 3.33. The van der Waals surface area contributed by atoms with Crippen LogP contribution in [0.5, 0.6) is 0 Å². The third-order valence-electron chi connectivity index (χ3n) is 1.90. The maximum absolute atomic E-state index is 13.7. The molecule has 0 aliphatic heterocycles. The van der Waals surface area contributed by atoms with E-state index in [1.54, 1.807) is 0 Å². The normalized spacial score (nSPS) is 12.2. The second-order valence-corrected chi connectivity index (χ2v) is 8.22. The fourth-order valence-electron chi connectivity index (χ4n) is 1.06. The number of alkyl halides is 2. The summed E-state index contributed by atoms with van der Waals surface area (Å²) in [6.07, 6.45) is 0. The Hall–Kier alpha value is -0.210. The molecular weight excluding hydrogens is 322 g/mol. The standard InChI is InChI=1S/C9H11Cl2FN2O2S2/c1-13(2)18(15,16)14(17-9(10)11)8-6-4-3-5-7(8)12/h3-6,9H,1-2H3. The van der Waals surface area contributed by atoms with Crippen molar-refractivity contribution in [2.24, 2.45) is 0 Å². The van der Waals surface area contributed by atoms with Crippen LogP contribution in [0.1, 0.15) is 0 Å². The van der Waals surface area contributed by atoms with Gasteiger partial charge in [0.1, 0.15) is 11.5 Å². The Morgan fingerprint density at radius 2 is 1.83 bits per heavy atom. The summed E-state index contributed by atoms with van der Waals surface area (Å²) in [6, 6.07) is 5.47. The number of hydrogen-bond donors (Lipinski definition) is 0. The van der Waals surface area contributed by atoms with Gasteiger partial charge in [0, 0.05) is 26.0 Å². The summed E-state index contributed by atoms with van der Waals surface area (Å²) >= 11 is 11.7. The molecule has 0 N–H and O–H groups in total. The number of nitrogens with zero attached hydrogens (tertiary/aromatic N) is 2. The van der Waals surface area contributed by atoms with Gasteiger partial charge in [-0.2, -0.15) is 16.4 Å². The summed E-state index contributed by atoms with van der Waals surface area (Å²) in [7, 11) is -1.22. The van der Waals surface area contributed by atoms with Gasteiger partial charge in [-0.05, 0) is 12.1 Å². The van der Waals surface area contributed by atoms with Gasteiger partial charge < -0.3 is 0 Å². The molecule has 0 saturated heterocycles. The first-order valence-electron chi connectivity index (χ1n) is 4.69.